The fourth-order valence-electron chi connectivity index (χ4n) is 3.96. The third-order valence-corrected chi connectivity index (χ3v) is 7.58. The Morgan fingerprint density at radius 1 is 1.05 bits per heavy atom. The highest BCUT2D eigenvalue weighted by molar-refractivity contribution is 8.00. The zero-order chi connectivity index (χ0) is 26.4. The largest absolute Gasteiger partial charge is 0.349 e. The van der Waals surface area contributed by atoms with E-state index in [2.05, 4.69) is 11.4 Å². The number of carbonyl (C=O) groups excluding carboxylic acids is 1. The number of benzene rings is 3. The number of hydrogen-bond donors (Lipinski definition) is 1. The van der Waals surface area contributed by atoms with Crippen molar-refractivity contribution >= 4 is 29.3 Å². The summed E-state index contributed by atoms with van der Waals surface area (Å²) in [7, 11) is 0. The molecule has 7 heteroatoms. The minimum Gasteiger partial charge on any atom is -0.349 e. The molecule has 0 spiro atoms. The van der Waals surface area contributed by atoms with Crippen molar-refractivity contribution in [1.82, 2.24) is 10.3 Å². The van der Waals surface area contributed by atoms with Crippen molar-refractivity contribution in [3.05, 3.63) is 107 Å². The molecule has 1 heterocycles. The molecule has 3 aromatic carbocycles. The van der Waals surface area contributed by atoms with Crippen LogP contribution in [0.15, 0.2) is 90.0 Å². The van der Waals surface area contributed by atoms with Gasteiger partial charge in [0, 0.05) is 21.7 Å². The number of carbonyl (C=O) groups is 1. The molecule has 1 amide bonds. The number of nitrogens with one attached hydrogen (secondary N) is 1. The summed E-state index contributed by atoms with van der Waals surface area (Å²) >= 11 is 7.29. The fourth-order valence-corrected chi connectivity index (χ4v) is 5.13. The van der Waals surface area contributed by atoms with Gasteiger partial charge >= 0.3 is 0 Å². The van der Waals surface area contributed by atoms with E-state index in [4.69, 9.17) is 16.6 Å². The van der Waals surface area contributed by atoms with E-state index in [-0.39, 0.29) is 17.5 Å². The van der Waals surface area contributed by atoms with E-state index < -0.39 is 11.1 Å². The molecule has 0 aliphatic carbocycles. The van der Waals surface area contributed by atoms with E-state index >= 15 is 0 Å². The van der Waals surface area contributed by atoms with Gasteiger partial charge in [-0.25, -0.2) is 9.37 Å². The van der Waals surface area contributed by atoms with Crippen LogP contribution in [0.25, 0.3) is 22.4 Å². The second-order valence-corrected chi connectivity index (χ2v) is 10.1. The lowest BCUT2D eigenvalue weighted by Gasteiger charge is -2.20. The van der Waals surface area contributed by atoms with Gasteiger partial charge in [0.25, 0.3) is 0 Å². The van der Waals surface area contributed by atoms with Crippen molar-refractivity contribution < 1.29 is 9.18 Å². The molecule has 4 rings (SSSR count). The fraction of sp³-hybridized carbons (Fsp3) is 0.167. The van der Waals surface area contributed by atoms with Crippen LogP contribution in [0.4, 0.5) is 4.39 Å². The van der Waals surface area contributed by atoms with Crippen molar-refractivity contribution in [2.24, 2.45) is 0 Å². The molecule has 4 nitrogen and oxygen atoms in total. The van der Waals surface area contributed by atoms with E-state index in [1.807, 2.05) is 56.3 Å². The molecule has 186 valence electrons. The van der Waals surface area contributed by atoms with Crippen LogP contribution in [-0.2, 0) is 4.79 Å². The van der Waals surface area contributed by atoms with Crippen molar-refractivity contribution in [3.8, 4) is 28.5 Å². The molecule has 0 radical (unpaired) electrons. The zero-order valence-corrected chi connectivity index (χ0v) is 22.0. The lowest BCUT2D eigenvalue weighted by molar-refractivity contribution is -0.121. The number of hydrogen-bond acceptors (Lipinski definition) is 4. The molecule has 0 fully saturated rings. The highest BCUT2D eigenvalue weighted by atomic mass is 35.5. The third kappa shape index (κ3) is 6.19. The van der Waals surface area contributed by atoms with Crippen LogP contribution >= 0.6 is 23.4 Å². The topological polar surface area (TPSA) is 65.8 Å². The van der Waals surface area contributed by atoms with E-state index in [1.165, 1.54) is 17.8 Å². The van der Waals surface area contributed by atoms with Gasteiger partial charge in [-0.2, -0.15) is 5.26 Å². The standard InChI is InChI=1S/C30H25ClFN3OS/c1-3-28(29(36)34-19(2)20-9-5-4-6-10-20)37-30-25(18-33)24(23-11-7-8-12-26(23)32)17-27(35-30)21-13-15-22(31)16-14-21/h4-17,19,28H,3H2,1-2H3,(H,34,36)/t19-,28+/m0/s1. The van der Waals surface area contributed by atoms with Crippen LogP contribution in [0.3, 0.4) is 0 Å². The first-order valence-corrected chi connectivity index (χ1v) is 13.1. The first-order valence-electron chi connectivity index (χ1n) is 11.9. The van der Waals surface area contributed by atoms with Gasteiger partial charge in [0.05, 0.1) is 22.5 Å². The van der Waals surface area contributed by atoms with Crippen LogP contribution in [-0.4, -0.2) is 16.1 Å². The van der Waals surface area contributed by atoms with Crippen molar-refractivity contribution in [1.29, 1.82) is 5.26 Å². The number of halogens is 2. The summed E-state index contributed by atoms with van der Waals surface area (Å²) in [5.41, 5.74) is 3.28. The maximum atomic E-state index is 14.9. The summed E-state index contributed by atoms with van der Waals surface area (Å²) in [6.07, 6.45) is 0.519. The van der Waals surface area contributed by atoms with E-state index in [9.17, 15) is 14.4 Å². The maximum Gasteiger partial charge on any atom is 0.234 e. The van der Waals surface area contributed by atoms with Crippen LogP contribution in [0.2, 0.25) is 5.02 Å². The summed E-state index contributed by atoms with van der Waals surface area (Å²) in [6.45, 7) is 3.85. The smallest absolute Gasteiger partial charge is 0.234 e. The lowest BCUT2D eigenvalue weighted by Crippen LogP contribution is -2.34. The van der Waals surface area contributed by atoms with Crippen LogP contribution in [0.5, 0.6) is 0 Å². The van der Waals surface area contributed by atoms with Gasteiger partial charge in [-0.05, 0) is 43.2 Å². The minimum absolute atomic E-state index is 0.154. The second kappa shape index (κ2) is 12.1. The normalized spacial score (nSPS) is 12.4. The van der Waals surface area contributed by atoms with Crippen molar-refractivity contribution in [2.45, 2.75) is 36.6 Å². The first-order chi connectivity index (χ1) is 17.9. The molecule has 4 aromatic rings. The Hall–Kier alpha value is -3.66. The molecule has 2 atom stereocenters. The predicted molar refractivity (Wildman–Crippen MR) is 148 cm³/mol. The molecule has 0 aliphatic heterocycles. The highest BCUT2D eigenvalue weighted by Gasteiger charge is 2.25. The Morgan fingerprint density at radius 3 is 2.38 bits per heavy atom. The van der Waals surface area contributed by atoms with Gasteiger partial charge in [0.1, 0.15) is 16.9 Å². The number of pyridine rings is 1. The second-order valence-electron chi connectivity index (χ2n) is 8.49. The Labute approximate surface area is 225 Å². The van der Waals surface area contributed by atoms with Crippen molar-refractivity contribution in [2.75, 3.05) is 0 Å². The quantitative estimate of drug-likeness (QED) is 0.236. The Balaban J connectivity index is 1.75. The number of nitriles is 1. The maximum absolute atomic E-state index is 14.9. The van der Waals surface area contributed by atoms with Gasteiger partial charge in [-0.3, -0.25) is 4.79 Å². The van der Waals surface area contributed by atoms with Gasteiger partial charge in [-0.1, -0.05) is 91.0 Å². The van der Waals surface area contributed by atoms with Gasteiger partial charge in [0.15, 0.2) is 0 Å². The van der Waals surface area contributed by atoms with Crippen LogP contribution in [0.1, 0.15) is 37.4 Å². The third-order valence-electron chi connectivity index (χ3n) is 5.98. The van der Waals surface area contributed by atoms with E-state index in [0.717, 1.165) is 11.1 Å². The molecule has 0 saturated heterocycles. The van der Waals surface area contributed by atoms with Crippen LogP contribution in [0, 0.1) is 17.1 Å². The number of aromatic nitrogens is 1. The highest BCUT2D eigenvalue weighted by Crippen LogP contribution is 2.37. The molecule has 0 saturated carbocycles. The number of thioether (sulfide) groups is 1. The summed E-state index contributed by atoms with van der Waals surface area (Å²) < 4.78 is 14.9. The molecule has 1 aromatic heterocycles. The summed E-state index contributed by atoms with van der Waals surface area (Å²) in [5, 5.41) is 13.6. The van der Waals surface area contributed by atoms with Gasteiger partial charge < -0.3 is 5.32 Å². The minimum atomic E-state index is -0.500. The Morgan fingerprint density at radius 2 is 1.73 bits per heavy atom. The molecule has 0 unspecified atom stereocenters. The van der Waals surface area contributed by atoms with E-state index in [0.29, 0.717) is 33.3 Å². The molecular formula is C30H25ClFN3OS. The monoisotopic (exact) mass is 529 g/mol. The zero-order valence-electron chi connectivity index (χ0n) is 20.4. The number of nitrogens with zero attached hydrogens (tertiary/aromatic N) is 2. The SMILES string of the molecule is CC[C@@H](Sc1nc(-c2ccc(Cl)cc2)cc(-c2ccccc2F)c1C#N)C(=O)N[C@@H](C)c1ccccc1. The molecule has 37 heavy (non-hydrogen) atoms. The summed E-state index contributed by atoms with van der Waals surface area (Å²) in [6, 6.07) is 26.9. The van der Waals surface area contributed by atoms with Crippen LogP contribution < -0.4 is 5.32 Å². The van der Waals surface area contributed by atoms with E-state index in [1.54, 1.807) is 36.4 Å². The molecular weight excluding hydrogens is 505 g/mol. The summed E-state index contributed by atoms with van der Waals surface area (Å²) in [5.74, 6) is -0.594. The average Bonchev–Trinajstić information content (AvgIpc) is 2.92. The first kappa shape index (κ1) is 26.4. The van der Waals surface area contributed by atoms with Gasteiger partial charge in [0.2, 0.25) is 5.91 Å². The van der Waals surface area contributed by atoms with Gasteiger partial charge in [-0.15, -0.1) is 0 Å². The molecule has 0 aliphatic rings. The molecule has 1 N–H and O–H groups in total. The Bertz CT molecular complexity index is 1440. The Kier molecular flexibility index (Phi) is 8.60. The number of rotatable bonds is 8. The molecule has 0 bridgehead atoms. The predicted octanol–water partition coefficient (Wildman–Crippen LogP) is 7.83. The lowest BCUT2D eigenvalue weighted by atomic mass is 9.99. The summed E-state index contributed by atoms with van der Waals surface area (Å²) in [4.78, 5) is 18.0. The van der Waals surface area contributed by atoms with Crippen molar-refractivity contribution in [3.63, 3.8) is 0 Å². The number of amides is 1. The average molecular weight is 530 g/mol.